The number of aromatic nitrogens is 2. The number of nitrogens with one attached hydrogen (secondary N) is 1. The number of methoxy groups -OCH3 is 1. The monoisotopic (exact) mass is 251 g/mol. The van der Waals surface area contributed by atoms with Crippen LogP contribution in [0.5, 0.6) is 0 Å². The van der Waals surface area contributed by atoms with Crippen LogP contribution in [0.2, 0.25) is 0 Å². The van der Waals surface area contributed by atoms with Crippen LogP contribution in [0.3, 0.4) is 0 Å². The van der Waals surface area contributed by atoms with E-state index >= 15 is 0 Å². The molecule has 0 spiro atoms. The highest BCUT2D eigenvalue weighted by Crippen LogP contribution is 2.29. The van der Waals surface area contributed by atoms with Crippen LogP contribution >= 0.6 is 11.3 Å². The van der Waals surface area contributed by atoms with E-state index in [2.05, 4.69) is 22.2 Å². The Morgan fingerprint density at radius 2 is 2.18 bits per heavy atom. The lowest BCUT2D eigenvalue weighted by atomic mass is 10.1. The van der Waals surface area contributed by atoms with Crippen molar-refractivity contribution in [3.8, 4) is 0 Å². The molecule has 0 bridgehead atoms. The molecule has 0 atom stereocenters. The zero-order valence-corrected chi connectivity index (χ0v) is 11.4. The second kappa shape index (κ2) is 4.58. The van der Waals surface area contributed by atoms with Gasteiger partial charge >= 0.3 is 0 Å². The molecule has 17 heavy (non-hydrogen) atoms. The molecule has 0 aliphatic heterocycles. The summed E-state index contributed by atoms with van der Waals surface area (Å²) in [6, 6.07) is 2.04. The van der Waals surface area contributed by atoms with Gasteiger partial charge in [0.2, 0.25) is 0 Å². The van der Waals surface area contributed by atoms with Crippen molar-refractivity contribution in [1.82, 2.24) is 9.97 Å². The van der Waals surface area contributed by atoms with E-state index in [1.807, 2.05) is 25.3 Å². The Morgan fingerprint density at radius 3 is 2.82 bits per heavy atom. The van der Waals surface area contributed by atoms with E-state index in [9.17, 15) is 0 Å². The number of rotatable bonds is 4. The van der Waals surface area contributed by atoms with Gasteiger partial charge in [0.25, 0.3) is 0 Å². The second-order valence-corrected chi connectivity index (χ2v) is 5.17. The molecule has 2 aromatic rings. The summed E-state index contributed by atoms with van der Waals surface area (Å²) in [5.41, 5.74) is -0.470. The van der Waals surface area contributed by atoms with Crippen molar-refractivity contribution >= 4 is 27.4 Å². The van der Waals surface area contributed by atoms with Crippen LogP contribution in [-0.4, -0.2) is 23.6 Å². The van der Waals surface area contributed by atoms with Gasteiger partial charge in [-0.2, -0.15) is 0 Å². The van der Waals surface area contributed by atoms with Crippen LogP contribution in [0.15, 0.2) is 11.4 Å². The molecule has 2 rings (SSSR count). The molecule has 2 heterocycles. The number of fused-ring (bicyclic) bond motifs is 1. The molecule has 0 amide bonds. The highest BCUT2D eigenvalue weighted by Gasteiger charge is 2.24. The predicted molar refractivity (Wildman–Crippen MR) is 71.6 cm³/mol. The maximum atomic E-state index is 5.43. The van der Waals surface area contributed by atoms with Gasteiger partial charge in [0.05, 0.1) is 5.39 Å². The van der Waals surface area contributed by atoms with Gasteiger partial charge in [0.15, 0.2) is 5.82 Å². The van der Waals surface area contributed by atoms with E-state index in [1.54, 1.807) is 18.4 Å². The molecular weight excluding hydrogens is 234 g/mol. The quantitative estimate of drug-likeness (QED) is 0.907. The molecule has 0 aliphatic carbocycles. The number of hydrogen-bond donors (Lipinski definition) is 1. The maximum absolute atomic E-state index is 5.43. The third kappa shape index (κ3) is 2.25. The van der Waals surface area contributed by atoms with Gasteiger partial charge in [-0.05, 0) is 32.2 Å². The van der Waals surface area contributed by atoms with Gasteiger partial charge in [-0.1, -0.05) is 0 Å². The maximum Gasteiger partial charge on any atom is 0.163 e. The molecule has 5 heteroatoms. The minimum Gasteiger partial charge on any atom is -0.371 e. The largest absolute Gasteiger partial charge is 0.371 e. The molecule has 0 saturated heterocycles. The van der Waals surface area contributed by atoms with Crippen LogP contribution in [0, 0.1) is 0 Å². The Hall–Kier alpha value is -1.20. The summed E-state index contributed by atoms with van der Waals surface area (Å²) in [4.78, 5) is 10.1. The number of ether oxygens (including phenoxy) is 1. The third-order valence-electron chi connectivity index (χ3n) is 2.72. The Labute approximate surface area is 105 Å². The van der Waals surface area contributed by atoms with Crippen LogP contribution in [0.25, 0.3) is 10.2 Å². The molecular formula is C12H17N3OS. The summed E-state index contributed by atoms with van der Waals surface area (Å²) in [6.07, 6.45) is 0. The molecule has 0 fully saturated rings. The van der Waals surface area contributed by atoms with Gasteiger partial charge in [-0.3, -0.25) is 0 Å². The number of anilines is 1. The first-order valence-electron chi connectivity index (χ1n) is 5.63. The normalized spacial score (nSPS) is 12.0. The third-order valence-corrected chi connectivity index (χ3v) is 3.52. The van der Waals surface area contributed by atoms with Crippen LogP contribution in [-0.2, 0) is 10.3 Å². The van der Waals surface area contributed by atoms with Crippen molar-refractivity contribution in [2.45, 2.75) is 26.4 Å². The fraction of sp³-hybridized carbons (Fsp3) is 0.500. The van der Waals surface area contributed by atoms with Crippen molar-refractivity contribution in [2.75, 3.05) is 19.0 Å². The summed E-state index contributed by atoms with van der Waals surface area (Å²) >= 11 is 1.62. The Kier molecular flexibility index (Phi) is 3.31. The van der Waals surface area contributed by atoms with Gasteiger partial charge in [0.1, 0.15) is 16.2 Å². The number of nitrogens with zero attached hydrogens (tertiary/aromatic N) is 2. The lowest BCUT2D eigenvalue weighted by Crippen LogP contribution is -2.23. The second-order valence-electron chi connectivity index (χ2n) is 4.28. The summed E-state index contributed by atoms with van der Waals surface area (Å²) < 4.78 is 5.43. The number of thiophene rings is 1. The average Bonchev–Trinajstić information content (AvgIpc) is 2.77. The van der Waals surface area contributed by atoms with Crippen LogP contribution < -0.4 is 5.32 Å². The van der Waals surface area contributed by atoms with E-state index in [0.717, 1.165) is 22.6 Å². The molecule has 0 aliphatic rings. The SMILES string of the molecule is CCNc1nc(C(C)(C)OC)nc2sccc12. The molecule has 0 unspecified atom stereocenters. The first kappa shape index (κ1) is 12.3. The lowest BCUT2D eigenvalue weighted by molar-refractivity contribution is 0.0119. The van der Waals surface area contributed by atoms with E-state index < -0.39 is 5.60 Å². The first-order valence-corrected chi connectivity index (χ1v) is 6.51. The van der Waals surface area contributed by atoms with Crippen molar-refractivity contribution in [3.05, 3.63) is 17.3 Å². The zero-order chi connectivity index (χ0) is 12.5. The highest BCUT2D eigenvalue weighted by molar-refractivity contribution is 7.16. The van der Waals surface area contributed by atoms with Gasteiger partial charge < -0.3 is 10.1 Å². The van der Waals surface area contributed by atoms with E-state index in [1.165, 1.54) is 0 Å². The summed E-state index contributed by atoms with van der Waals surface area (Å²) in [7, 11) is 1.68. The highest BCUT2D eigenvalue weighted by atomic mass is 32.1. The smallest absolute Gasteiger partial charge is 0.163 e. The van der Waals surface area contributed by atoms with E-state index in [4.69, 9.17) is 4.74 Å². The van der Waals surface area contributed by atoms with Gasteiger partial charge in [-0.25, -0.2) is 9.97 Å². The Balaban J connectivity index is 2.58. The minimum absolute atomic E-state index is 0.470. The molecule has 92 valence electrons. The summed E-state index contributed by atoms with van der Waals surface area (Å²) in [6.45, 7) is 6.84. The molecule has 2 aromatic heterocycles. The number of hydrogen-bond acceptors (Lipinski definition) is 5. The first-order chi connectivity index (χ1) is 8.08. The zero-order valence-electron chi connectivity index (χ0n) is 10.6. The van der Waals surface area contributed by atoms with Crippen LogP contribution in [0.4, 0.5) is 5.82 Å². The fourth-order valence-electron chi connectivity index (χ4n) is 1.52. The van der Waals surface area contributed by atoms with Crippen molar-refractivity contribution in [1.29, 1.82) is 0 Å². The van der Waals surface area contributed by atoms with E-state index in [-0.39, 0.29) is 0 Å². The fourth-order valence-corrected chi connectivity index (χ4v) is 2.28. The van der Waals surface area contributed by atoms with Crippen LogP contribution in [0.1, 0.15) is 26.6 Å². The van der Waals surface area contributed by atoms with Crippen molar-refractivity contribution < 1.29 is 4.74 Å². The van der Waals surface area contributed by atoms with Gasteiger partial charge in [-0.15, -0.1) is 11.3 Å². The van der Waals surface area contributed by atoms with Crippen molar-refractivity contribution in [3.63, 3.8) is 0 Å². The molecule has 4 nitrogen and oxygen atoms in total. The average molecular weight is 251 g/mol. The molecule has 0 radical (unpaired) electrons. The Bertz CT molecular complexity index is 521. The molecule has 1 N–H and O–H groups in total. The van der Waals surface area contributed by atoms with Crippen molar-refractivity contribution in [2.24, 2.45) is 0 Å². The molecule has 0 saturated carbocycles. The molecule has 0 aromatic carbocycles. The predicted octanol–water partition coefficient (Wildman–Crippen LogP) is 3.00. The summed E-state index contributed by atoms with van der Waals surface area (Å²) in [5, 5.41) is 6.38. The standard InChI is InChI=1S/C12H17N3OS/c1-5-13-9-8-6-7-17-10(8)15-11(14-9)12(2,3)16-4/h6-7H,5H2,1-4H3,(H,13,14,15). The topological polar surface area (TPSA) is 47.0 Å². The Morgan fingerprint density at radius 1 is 1.41 bits per heavy atom. The summed E-state index contributed by atoms with van der Waals surface area (Å²) in [5.74, 6) is 1.60. The minimum atomic E-state index is -0.470. The van der Waals surface area contributed by atoms with E-state index in [0.29, 0.717) is 5.82 Å². The lowest BCUT2D eigenvalue weighted by Gasteiger charge is -2.21. The van der Waals surface area contributed by atoms with Gasteiger partial charge in [0, 0.05) is 13.7 Å².